The summed E-state index contributed by atoms with van der Waals surface area (Å²) in [6, 6.07) is 14.3. The molecule has 0 aliphatic heterocycles. The summed E-state index contributed by atoms with van der Waals surface area (Å²) in [5.74, 6) is 0.0763. The van der Waals surface area contributed by atoms with Gasteiger partial charge in [0, 0.05) is 35.7 Å². The van der Waals surface area contributed by atoms with Gasteiger partial charge in [-0.2, -0.15) is 0 Å². The van der Waals surface area contributed by atoms with E-state index in [4.69, 9.17) is 0 Å². The number of hydrogen-bond donors (Lipinski definition) is 1. The van der Waals surface area contributed by atoms with E-state index in [1.165, 1.54) is 3.97 Å². The lowest BCUT2D eigenvalue weighted by molar-refractivity contribution is 0.0972. The summed E-state index contributed by atoms with van der Waals surface area (Å²) in [5, 5.41) is 4.32. The number of carbonyl (C=O) groups excluding carboxylic acids is 1. The minimum absolute atomic E-state index is 0.0517. The van der Waals surface area contributed by atoms with E-state index in [1.807, 2.05) is 6.07 Å². The highest BCUT2D eigenvalue weighted by atomic mass is 32.2. The van der Waals surface area contributed by atoms with Crippen LogP contribution in [0.15, 0.2) is 59.6 Å². The summed E-state index contributed by atoms with van der Waals surface area (Å²) < 4.78 is 27.8. The molecule has 0 saturated heterocycles. The lowest BCUT2D eigenvalue weighted by atomic mass is 10.0. The fourth-order valence-corrected chi connectivity index (χ4v) is 5.41. The third-order valence-corrected chi connectivity index (χ3v) is 7.11. The molecular formula is C21H20N2O3S. The van der Waals surface area contributed by atoms with Gasteiger partial charge in [0.15, 0.2) is 5.78 Å². The van der Waals surface area contributed by atoms with Crippen molar-refractivity contribution in [1.82, 2.24) is 9.29 Å². The van der Waals surface area contributed by atoms with Crippen molar-refractivity contribution < 1.29 is 13.2 Å². The van der Waals surface area contributed by atoms with Crippen LogP contribution in [0.5, 0.6) is 0 Å². The number of ketones is 1. The second-order valence-electron chi connectivity index (χ2n) is 7.44. The highest BCUT2D eigenvalue weighted by Gasteiger charge is 2.31. The minimum atomic E-state index is -3.72. The van der Waals surface area contributed by atoms with Crippen LogP contribution < -0.4 is 5.32 Å². The standard InChI is InChI=1S/C21H20N2O3S/c24-20-12-16(22-15-9-10-15)11-14-13-23(19-8-4-7-18(20)21(14)19)27(25,26)17-5-2-1-3-6-17/h1-8,13,15-16,22H,9-12H2. The topological polar surface area (TPSA) is 68.2 Å². The Bertz CT molecular complexity index is 1140. The molecule has 1 aromatic heterocycles. The lowest BCUT2D eigenvalue weighted by Gasteiger charge is -2.15. The van der Waals surface area contributed by atoms with E-state index in [2.05, 4.69) is 5.32 Å². The van der Waals surface area contributed by atoms with E-state index in [0.29, 0.717) is 30.0 Å². The number of aromatic nitrogens is 1. The number of nitrogens with zero attached hydrogens (tertiary/aromatic N) is 1. The van der Waals surface area contributed by atoms with Gasteiger partial charge in [0.05, 0.1) is 10.4 Å². The van der Waals surface area contributed by atoms with Crippen molar-refractivity contribution in [3.8, 4) is 0 Å². The highest BCUT2D eigenvalue weighted by molar-refractivity contribution is 7.90. The third kappa shape index (κ3) is 2.80. The molecule has 1 N–H and O–H groups in total. The Kier molecular flexibility index (Phi) is 3.74. The number of hydrogen-bond acceptors (Lipinski definition) is 4. The molecule has 1 unspecified atom stereocenters. The Morgan fingerprint density at radius 3 is 2.44 bits per heavy atom. The third-order valence-electron chi connectivity index (χ3n) is 5.42. The van der Waals surface area contributed by atoms with Crippen LogP contribution in [0.25, 0.3) is 10.9 Å². The molecule has 5 rings (SSSR count). The molecule has 3 aromatic rings. The maximum atomic E-state index is 13.2. The molecule has 0 amide bonds. The predicted molar refractivity (Wildman–Crippen MR) is 104 cm³/mol. The normalized spacial score (nSPS) is 20.0. The molecule has 1 fully saturated rings. The van der Waals surface area contributed by atoms with Gasteiger partial charge in [-0.1, -0.05) is 30.3 Å². The monoisotopic (exact) mass is 380 g/mol. The maximum absolute atomic E-state index is 13.2. The maximum Gasteiger partial charge on any atom is 0.268 e. The molecule has 1 heterocycles. The minimum Gasteiger partial charge on any atom is -0.310 e. The second-order valence-corrected chi connectivity index (χ2v) is 9.25. The van der Waals surface area contributed by atoms with E-state index < -0.39 is 10.0 Å². The summed E-state index contributed by atoms with van der Waals surface area (Å²) in [5.41, 5.74) is 2.13. The Morgan fingerprint density at radius 1 is 0.926 bits per heavy atom. The summed E-state index contributed by atoms with van der Waals surface area (Å²) in [4.78, 5) is 13.1. The number of nitrogens with one attached hydrogen (secondary N) is 1. The van der Waals surface area contributed by atoms with Gasteiger partial charge in [0.2, 0.25) is 0 Å². The summed E-state index contributed by atoms with van der Waals surface area (Å²) in [6.45, 7) is 0. The van der Waals surface area contributed by atoms with Gasteiger partial charge in [0.25, 0.3) is 10.0 Å². The second kappa shape index (κ2) is 6.04. The smallest absolute Gasteiger partial charge is 0.268 e. The molecule has 0 spiro atoms. The van der Waals surface area contributed by atoms with Crippen LogP contribution in [0.3, 0.4) is 0 Å². The predicted octanol–water partition coefficient (Wildman–Crippen LogP) is 3.13. The first-order valence-electron chi connectivity index (χ1n) is 9.27. The molecule has 2 aliphatic carbocycles. The molecule has 2 aliphatic rings. The van der Waals surface area contributed by atoms with Gasteiger partial charge in [-0.25, -0.2) is 12.4 Å². The molecule has 2 aromatic carbocycles. The average Bonchev–Trinajstić information content (AvgIpc) is 3.42. The van der Waals surface area contributed by atoms with Gasteiger partial charge < -0.3 is 5.32 Å². The van der Waals surface area contributed by atoms with E-state index in [1.54, 1.807) is 48.7 Å². The van der Waals surface area contributed by atoms with Crippen LogP contribution in [-0.4, -0.2) is 30.3 Å². The first kappa shape index (κ1) is 16.7. The van der Waals surface area contributed by atoms with E-state index in [0.717, 1.165) is 23.8 Å². The zero-order chi connectivity index (χ0) is 18.6. The molecule has 138 valence electrons. The van der Waals surface area contributed by atoms with Crippen LogP contribution in [0.2, 0.25) is 0 Å². The highest BCUT2D eigenvalue weighted by Crippen LogP contribution is 2.33. The summed E-state index contributed by atoms with van der Waals surface area (Å²) in [6.07, 6.45) is 5.12. The van der Waals surface area contributed by atoms with Crippen molar-refractivity contribution in [2.45, 2.75) is 42.7 Å². The van der Waals surface area contributed by atoms with Crippen LogP contribution in [0, 0.1) is 0 Å². The largest absolute Gasteiger partial charge is 0.310 e. The molecule has 6 heteroatoms. The fourth-order valence-electron chi connectivity index (χ4n) is 4.00. The number of carbonyl (C=O) groups is 1. The van der Waals surface area contributed by atoms with Crippen molar-refractivity contribution in [2.24, 2.45) is 0 Å². The number of Topliss-reactive ketones (excluding diaryl/α,β-unsaturated/α-hetero) is 1. The zero-order valence-corrected chi connectivity index (χ0v) is 15.6. The first-order chi connectivity index (χ1) is 13.0. The van der Waals surface area contributed by atoms with E-state index >= 15 is 0 Å². The van der Waals surface area contributed by atoms with Gasteiger partial charge in [-0.3, -0.25) is 4.79 Å². The van der Waals surface area contributed by atoms with Crippen molar-refractivity contribution in [3.63, 3.8) is 0 Å². The van der Waals surface area contributed by atoms with Gasteiger partial charge >= 0.3 is 0 Å². The van der Waals surface area contributed by atoms with E-state index in [9.17, 15) is 13.2 Å². The Morgan fingerprint density at radius 2 is 1.70 bits per heavy atom. The molecule has 27 heavy (non-hydrogen) atoms. The van der Waals surface area contributed by atoms with Crippen LogP contribution in [0.1, 0.15) is 35.2 Å². The van der Waals surface area contributed by atoms with Crippen molar-refractivity contribution in [3.05, 3.63) is 65.9 Å². The van der Waals surface area contributed by atoms with Crippen molar-refractivity contribution in [1.29, 1.82) is 0 Å². The van der Waals surface area contributed by atoms with Crippen LogP contribution in [0.4, 0.5) is 0 Å². The molecule has 0 radical (unpaired) electrons. The zero-order valence-electron chi connectivity index (χ0n) is 14.8. The van der Waals surface area contributed by atoms with Gasteiger partial charge in [0.1, 0.15) is 0 Å². The quantitative estimate of drug-likeness (QED) is 0.755. The number of rotatable bonds is 4. The lowest BCUT2D eigenvalue weighted by Crippen LogP contribution is -2.34. The summed E-state index contributed by atoms with van der Waals surface area (Å²) >= 11 is 0. The Labute approximate surface area is 158 Å². The average molecular weight is 380 g/mol. The Balaban J connectivity index is 1.69. The molecule has 1 saturated carbocycles. The Hall–Kier alpha value is -2.44. The van der Waals surface area contributed by atoms with Crippen LogP contribution >= 0.6 is 0 Å². The fraction of sp³-hybridized carbons (Fsp3) is 0.286. The van der Waals surface area contributed by atoms with Gasteiger partial charge in [-0.15, -0.1) is 0 Å². The van der Waals surface area contributed by atoms with Crippen molar-refractivity contribution in [2.75, 3.05) is 0 Å². The van der Waals surface area contributed by atoms with E-state index in [-0.39, 0.29) is 16.7 Å². The molecule has 5 nitrogen and oxygen atoms in total. The van der Waals surface area contributed by atoms with Crippen LogP contribution in [-0.2, 0) is 16.4 Å². The molecular weight excluding hydrogens is 360 g/mol. The molecule has 0 bridgehead atoms. The summed E-state index contributed by atoms with van der Waals surface area (Å²) in [7, 11) is -3.72. The van der Waals surface area contributed by atoms with Gasteiger partial charge in [-0.05, 0) is 43.0 Å². The van der Waals surface area contributed by atoms with Crippen molar-refractivity contribution >= 4 is 26.7 Å². The number of benzene rings is 2. The molecule has 1 atom stereocenters. The SMILES string of the molecule is O=C1CC(NC2CC2)Cc2cn(S(=O)(=O)c3ccccc3)c3cccc1c23. The first-order valence-corrected chi connectivity index (χ1v) is 10.7.